The van der Waals surface area contributed by atoms with Gasteiger partial charge in [0, 0.05) is 6.42 Å². The third-order valence-electron chi connectivity index (χ3n) is 6.40. The molecule has 2 unspecified atom stereocenters. The Balaban J connectivity index is 3.31. The minimum Gasteiger partial charge on any atom is -0.481 e. The van der Waals surface area contributed by atoms with Crippen LogP contribution in [0.1, 0.15) is 155 Å². The molecule has 186 valence electrons. The molecule has 2 atom stereocenters. The van der Waals surface area contributed by atoms with Crippen LogP contribution in [0.2, 0.25) is 0 Å². The Kier molecular flexibility index (Phi) is 23.6. The average Bonchev–Trinajstić information content (AvgIpc) is 2.74. The first-order valence-electron chi connectivity index (χ1n) is 13.6. The van der Waals surface area contributed by atoms with E-state index in [2.05, 4.69) is 6.92 Å². The second-order valence-electron chi connectivity index (χ2n) is 9.62. The van der Waals surface area contributed by atoms with Gasteiger partial charge in [-0.3, -0.25) is 4.79 Å². The summed E-state index contributed by atoms with van der Waals surface area (Å²) < 4.78 is 0. The van der Waals surface area contributed by atoms with E-state index in [4.69, 9.17) is 5.11 Å². The third kappa shape index (κ3) is 25.5. The highest BCUT2D eigenvalue weighted by molar-refractivity contribution is 5.66. The van der Waals surface area contributed by atoms with E-state index < -0.39 is 5.97 Å². The van der Waals surface area contributed by atoms with Gasteiger partial charge >= 0.3 is 5.97 Å². The van der Waals surface area contributed by atoms with Gasteiger partial charge < -0.3 is 15.3 Å². The van der Waals surface area contributed by atoms with Crippen LogP contribution in [-0.2, 0) is 4.79 Å². The predicted molar refractivity (Wildman–Crippen MR) is 132 cm³/mol. The van der Waals surface area contributed by atoms with Gasteiger partial charge in [-0.2, -0.15) is 0 Å². The molecule has 0 aliphatic rings. The molecule has 0 aromatic heterocycles. The summed E-state index contributed by atoms with van der Waals surface area (Å²) in [6, 6.07) is 0. The first-order chi connectivity index (χ1) is 15.1. The fraction of sp³-hybridized carbons (Fsp3) is 0.963. The lowest BCUT2D eigenvalue weighted by Gasteiger charge is -2.14. The van der Waals surface area contributed by atoms with Gasteiger partial charge in [-0.15, -0.1) is 0 Å². The van der Waals surface area contributed by atoms with E-state index in [0.717, 1.165) is 64.2 Å². The van der Waals surface area contributed by atoms with Crippen LogP contribution in [0, 0.1) is 0 Å². The minimum atomic E-state index is -0.696. The van der Waals surface area contributed by atoms with Crippen molar-refractivity contribution in [1.82, 2.24) is 0 Å². The van der Waals surface area contributed by atoms with Gasteiger partial charge in [0.1, 0.15) is 0 Å². The van der Waals surface area contributed by atoms with E-state index in [1.807, 2.05) is 0 Å². The van der Waals surface area contributed by atoms with Crippen molar-refractivity contribution in [3.63, 3.8) is 0 Å². The molecule has 0 amide bonds. The van der Waals surface area contributed by atoms with Crippen molar-refractivity contribution in [3.8, 4) is 0 Å². The average molecular weight is 443 g/mol. The molecular formula is C27H54O4. The van der Waals surface area contributed by atoms with Crippen LogP contribution in [0.4, 0.5) is 0 Å². The number of carboxylic acid groups (broad SMARTS) is 1. The summed E-state index contributed by atoms with van der Waals surface area (Å²) >= 11 is 0. The van der Waals surface area contributed by atoms with Gasteiger partial charge in [0.2, 0.25) is 0 Å². The normalized spacial score (nSPS) is 13.4. The number of aliphatic carboxylic acids is 1. The van der Waals surface area contributed by atoms with E-state index >= 15 is 0 Å². The number of hydrogen-bond acceptors (Lipinski definition) is 3. The molecule has 0 aliphatic heterocycles. The fourth-order valence-corrected chi connectivity index (χ4v) is 4.26. The van der Waals surface area contributed by atoms with E-state index in [1.54, 1.807) is 0 Å². The number of rotatable bonds is 25. The van der Waals surface area contributed by atoms with Crippen LogP contribution in [0.25, 0.3) is 0 Å². The molecule has 4 nitrogen and oxygen atoms in total. The van der Waals surface area contributed by atoms with E-state index in [0.29, 0.717) is 6.42 Å². The quantitative estimate of drug-likeness (QED) is 0.126. The highest BCUT2D eigenvalue weighted by Gasteiger charge is 2.09. The lowest BCUT2D eigenvalue weighted by atomic mass is 10.00. The van der Waals surface area contributed by atoms with Gasteiger partial charge in [0.15, 0.2) is 0 Å². The summed E-state index contributed by atoms with van der Waals surface area (Å²) in [6.45, 7) is 2.26. The molecular weight excluding hydrogens is 388 g/mol. The maximum Gasteiger partial charge on any atom is 0.303 e. The topological polar surface area (TPSA) is 77.8 Å². The Morgan fingerprint density at radius 3 is 1.19 bits per heavy atom. The Hall–Kier alpha value is -0.610. The highest BCUT2D eigenvalue weighted by atomic mass is 16.4. The molecule has 0 saturated heterocycles. The molecule has 4 heteroatoms. The van der Waals surface area contributed by atoms with Gasteiger partial charge in [-0.25, -0.2) is 0 Å². The molecule has 0 aromatic carbocycles. The zero-order valence-electron chi connectivity index (χ0n) is 20.7. The van der Waals surface area contributed by atoms with E-state index in [-0.39, 0.29) is 18.6 Å². The van der Waals surface area contributed by atoms with Crippen LogP contribution in [0.3, 0.4) is 0 Å². The molecule has 0 spiro atoms. The molecule has 0 heterocycles. The van der Waals surface area contributed by atoms with Crippen LogP contribution >= 0.6 is 0 Å². The third-order valence-corrected chi connectivity index (χ3v) is 6.40. The van der Waals surface area contributed by atoms with Gasteiger partial charge in [-0.1, -0.05) is 116 Å². The van der Waals surface area contributed by atoms with Crippen LogP contribution in [-0.4, -0.2) is 33.5 Å². The SMILES string of the molecule is CCCCCCCCCCCCCC(O)CCC(O)CCCCCCCCCC(=O)O. The van der Waals surface area contributed by atoms with Crippen molar-refractivity contribution in [3.05, 3.63) is 0 Å². The Labute approximate surface area is 193 Å². The maximum atomic E-state index is 10.4. The number of aliphatic hydroxyl groups excluding tert-OH is 2. The Bertz CT molecular complexity index is 372. The van der Waals surface area contributed by atoms with Gasteiger partial charge in [0.25, 0.3) is 0 Å². The van der Waals surface area contributed by atoms with Gasteiger partial charge in [0.05, 0.1) is 12.2 Å². The Morgan fingerprint density at radius 1 is 0.516 bits per heavy atom. The zero-order valence-corrected chi connectivity index (χ0v) is 20.7. The predicted octanol–water partition coefficient (Wildman–Crippen LogP) is 7.79. The summed E-state index contributed by atoms with van der Waals surface area (Å²) in [6.07, 6.45) is 25.0. The lowest BCUT2D eigenvalue weighted by Crippen LogP contribution is -2.13. The summed E-state index contributed by atoms with van der Waals surface area (Å²) in [5.74, 6) is -0.696. The molecule has 3 N–H and O–H groups in total. The van der Waals surface area contributed by atoms with Crippen molar-refractivity contribution in [2.75, 3.05) is 0 Å². The Morgan fingerprint density at radius 2 is 0.839 bits per heavy atom. The van der Waals surface area contributed by atoms with Gasteiger partial charge in [-0.05, 0) is 32.1 Å². The number of carbonyl (C=O) groups is 1. The first kappa shape index (κ1) is 30.4. The second kappa shape index (κ2) is 24.0. The molecule has 0 saturated carbocycles. The molecule has 31 heavy (non-hydrogen) atoms. The molecule has 0 rings (SSSR count). The number of unbranched alkanes of at least 4 members (excludes halogenated alkanes) is 16. The smallest absolute Gasteiger partial charge is 0.303 e. The molecule has 0 aromatic rings. The molecule has 0 bridgehead atoms. The minimum absolute atomic E-state index is 0.251. The molecule has 0 aliphatic carbocycles. The number of aliphatic hydroxyl groups is 2. The van der Waals surface area contributed by atoms with Crippen molar-refractivity contribution < 1.29 is 20.1 Å². The second-order valence-corrected chi connectivity index (χ2v) is 9.62. The maximum absolute atomic E-state index is 10.4. The monoisotopic (exact) mass is 442 g/mol. The van der Waals surface area contributed by atoms with Crippen LogP contribution in [0.5, 0.6) is 0 Å². The summed E-state index contributed by atoms with van der Waals surface area (Å²) in [5.41, 5.74) is 0. The largest absolute Gasteiger partial charge is 0.481 e. The standard InChI is InChI=1S/C27H54O4/c1-2-3-4-5-6-7-8-9-11-14-17-20-25(28)23-24-26(29)21-18-15-12-10-13-16-19-22-27(30)31/h25-26,28-29H,2-24H2,1H3,(H,30,31). The fourth-order valence-electron chi connectivity index (χ4n) is 4.26. The van der Waals surface area contributed by atoms with Crippen molar-refractivity contribution in [2.24, 2.45) is 0 Å². The lowest BCUT2D eigenvalue weighted by molar-refractivity contribution is -0.137. The van der Waals surface area contributed by atoms with Crippen LogP contribution in [0.15, 0.2) is 0 Å². The summed E-state index contributed by atoms with van der Waals surface area (Å²) in [7, 11) is 0. The van der Waals surface area contributed by atoms with E-state index in [1.165, 1.54) is 70.6 Å². The molecule has 0 fully saturated rings. The number of carboxylic acids is 1. The molecule has 0 radical (unpaired) electrons. The summed E-state index contributed by atoms with van der Waals surface area (Å²) in [4.78, 5) is 10.4. The van der Waals surface area contributed by atoms with E-state index in [9.17, 15) is 15.0 Å². The van der Waals surface area contributed by atoms with Crippen molar-refractivity contribution in [2.45, 2.75) is 167 Å². The highest BCUT2D eigenvalue weighted by Crippen LogP contribution is 2.16. The first-order valence-corrected chi connectivity index (χ1v) is 13.6. The van der Waals surface area contributed by atoms with Crippen molar-refractivity contribution in [1.29, 1.82) is 0 Å². The van der Waals surface area contributed by atoms with Crippen LogP contribution < -0.4 is 0 Å². The zero-order chi connectivity index (χ0) is 23.0. The summed E-state index contributed by atoms with van der Waals surface area (Å²) in [5, 5.41) is 28.8. The van der Waals surface area contributed by atoms with Crippen molar-refractivity contribution >= 4 is 5.97 Å². The number of hydrogen-bond donors (Lipinski definition) is 3.